The third-order valence-electron chi connectivity index (χ3n) is 4.61. The quantitative estimate of drug-likeness (QED) is 0.661. The first kappa shape index (κ1) is 21.5. The molecular formula is C23H28N2O5. The molecule has 0 radical (unpaired) electrons. The summed E-state index contributed by atoms with van der Waals surface area (Å²) in [4.78, 5) is 24.4. The smallest absolute Gasteiger partial charge is 0.251 e. The van der Waals surface area contributed by atoms with E-state index in [-0.39, 0.29) is 37.3 Å². The molecule has 7 heteroatoms. The van der Waals surface area contributed by atoms with Crippen LogP contribution in [0.25, 0.3) is 0 Å². The van der Waals surface area contributed by atoms with Crippen molar-refractivity contribution in [3.8, 4) is 17.2 Å². The lowest BCUT2D eigenvalue weighted by Crippen LogP contribution is -2.41. The molecule has 2 aromatic rings. The van der Waals surface area contributed by atoms with Gasteiger partial charge in [0.1, 0.15) is 5.75 Å². The minimum Gasteiger partial charge on any atom is -0.491 e. The van der Waals surface area contributed by atoms with Gasteiger partial charge < -0.3 is 24.8 Å². The van der Waals surface area contributed by atoms with Gasteiger partial charge >= 0.3 is 0 Å². The molecule has 1 aliphatic rings. The van der Waals surface area contributed by atoms with Gasteiger partial charge in [0, 0.05) is 11.6 Å². The third kappa shape index (κ3) is 6.14. The van der Waals surface area contributed by atoms with Crippen LogP contribution >= 0.6 is 0 Å². The first-order valence-electron chi connectivity index (χ1n) is 10.1. The second-order valence-corrected chi connectivity index (χ2v) is 7.57. The predicted molar refractivity (Wildman–Crippen MR) is 113 cm³/mol. The van der Waals surface area contributed by atoms with Crippen molar-refractivity contribution in [2.24, 2.45) is 0 Å². The van der Waals surface area contributed by atoms with E-state index >= 15 is 0 Å². The molecule has 2 aromatic carbocycles. The molecule has 7 nitrogen and oxygen atoms in total. The maximum atomic E-state index is 12.2. The predicted octanol–water partition coefficient (Wildman–Crippen LogP) is 3.07. The number of benzene rings is 2. The monoisotopic (exact) mass is 412 g/mol. The maximum Gasteiger partial charge on any atom is 0.251 e. The van der Waals surface area contributed by atoms with Gasteiger partial charge in [0.25, 0.3) is 5.91 Å². The summed E-state index contributed by atoms with van der Waals surface area (Å²) in [5.41, 5.74) is 1.60. The molecule has 0 saturated heterocycles. The van der Waals surface area contributed by atoms with E-state index in [1.807, 2.05) is 45.0 Å². The highest BCUT2D eigenvalue weighted by molar-refractivity contribution is 5.97. The largest absolute Gasteiger partial charge is 0.491 e. The molecule has 0 fully saturated rings. The van der Waals surface area contributed by atoms with Gasteiger partial charge in [-0.1, -0.05) is 12.1 Å². The van der Waals surface area contributed by atoms with Crippen LogP contribution in [0, 0.1) is 0 Å². The van der Waals surface area contributed by atoms with Gasteiger partial charge in [-0.2, -0.15) is 0 Å². The number of rotatable bonds is 9. The van der Waals surface area contributed by atoms with Crippen LogP contribution in [0.4, 0.5) is 0 Å². The van der Waals surface area contributed by atoms with Gasteiger partial charge in [-0.05, 0) is 69.5 Å². The molecule has 2 N–H and O–H groups in total. The summed E-state index contributed by atoms with van der Waals surface area (Å²) in [5, 5.41) is 5.54. The van der Waals surface area contributed by atoms with Crippen LogP contribution in [0.3, 0.4) is 0 Å². The van der Waals surface area contributed by atoms with Crippen molar-refractivity contribution in [1.82, 2.24) is 10.6 Å². The number of nitrogens with one attached hydrogen (secondary N) is 2. The van der Waals surface area contributed by atoms with Crippen molar-refractivity contribution in [1.29, 1.82) is 0 Å². The van der Waals surface area contributed by atoms with Gasteiger partial charge in [0.2, 0.25) is 12.7 Å². The van der Waals surface area contributed by atoms with E-state index in [0.29, 0.717) is 17.1 Å². The highest BCUT2D eigenvalue weighted by atomic mass is 16.7. The van der Waals surface area contributed by atoms with Gasteiger partial charge in [-0.15, -0.1) is 0 Å². The molecule has 3 rings (SSSR count). The Labute approximate surface area is 176 Å². The van der Waals surface area contributed by atoms with Crippen LogP contribution < -0.4 is 24.8 Å². The van der Waals surface area contributed by atoms with Crippen molar-refractivity contribution in [3.63, 3.8) is 0 Å². The Morgan fingerprint density at radius 3 is 2.50 bits per heavy atom. The first-order valence-corrected chi connectivity index (χ1v) is 10.1. The Morgan fingerprint density at radius 2 is 1.77 bits per heavy atom. The molecule has 1 aliphatic heterocycles. The van der Waals surface area contributed by atoms with Gasteiger partial charge in [-0.25, -0.2) is 0 Å². The fourth-order valence-electron chi connectivity index (χ4n) is 3.09. The minimum atomic E-state index is -0.334. The summed E-state index contributed by atoms with van der Waals surface area (Å²) >= 11 is 0. The SMILES string of the molecule is CC(CCc1ccc(OC(C)C)cc1)NC(=O)CNC(=O)c1ccc2c(c1)OCO2. The Bertz CT molecular complexity index is 880. The van der Waals surface area contributed by atoms with E-state index in [0.717, 1.165) is 18.6 Å². The van der Waals surface area contributed by atoms with Crippen LogP contribution in [-0.4, -0.2) is 37.3 Å². The summed E-state index contributed by atoms with van der Waals surface area (Å²) in [6.07, 6.45) is 1.79. The summed E-state index contributed by atoms with van der Waals surface area (Å²) < 4.78 is 16.1. The van der Waals surface area contributed by atoms with E-state index in [2.05, 4.69) is 10.6 Å². The lowest BCUT2D eigenvalue weighted by molar-refractivity contribution is -0.120. The minimum absolute atomic E-state index is 0.00784. The Hall–Kier alpha value is -3.22. The van der Waals surface area contributed by atoms with Crippen LogP contribution in [-0.2, 0) is 11.2 Å². The number of carbonyl (C=O) groups excluding carboxylic acids is 2. The second kappa shape index (κ2) is 10.0. The van der Waals surface area contributed by atoms with Crippen molar-refractivity contribution in [2.45, 2.75) is 45.8 Å². The number of hydrogen-bond acceptors (Lipinski definition) is 5. The van der Waals surface area contributed by atoms with E-state index in [4.69, 9.17) is 14.2 Å². The number of hydrogen-bond donors (Lipinski definition) is 2. The molecule has 1 atom stereocenters. The summed E-state index contributed by atoms with van der Waals surface area (Å²) in [6.45, 7) is 6.01. The Kier molecular flexibility index (Phi) is 7.17. The number of aryl methyl sites for hydroxylation is 1. The molecule has 0 spiro atoms. The van der Waals surface area contributed by atoms with E-state index in [1.54, 1.807) is 18.2 Å². The average molecular weight is 412 g/mol. The topological polar surface area (TPSA) is 85.9 Å². The highest BCUT2D eigenvalue weighted by Crippen LogP contribution is 2.32. The zero-order valence-corrected chi connectivity index (χ0v) is 17.6. The van der Waals surface area contributed by atoms with Gasteiger partial charge in [0.05, 0.1) is 12.6 Å². The Balaban J connectivity index is 1.38. The van der Waals surface area contributed by atoms with E-state index in [1.165, 1.54) is 5.56 Å². The number of ether oxygens (including phenoxy) is 3. The second-order valence-electron chi connectivity index (χ2n) is 7.57. The van der Waals surface area contributed by atoms with Gasteiger partial charge in [0.15, 0.2) is 11.5 Å². The summed E-state index contributed by atoms with van der Waals surface area (Å²) in [6, 6.07) is 12.9. The number of amides is 2. The van der Waals surface area contributed by atoms with E-state index in [9.17, 15) is 9.59 Å². The molecule has 160 valence electrons. The fourth-order valence-corrected chi connectivity index (χ4v) is 3.09. The van der Waals surface area contributed by atoms with Crippen molar-refractivity contribution < 1.29 is 23.8 Å². The third-order valence-corrected chi connectivity index (χ3v) is 4.61. The molecule has 0 aromatic heterocycles. The normalized spacial score (nSPS) is 13.1. The molecule has 0 aliphatic carbocycles. The van der Waals surface area contributed by atoms with Crippen molar-refractivity contribution >= 4 is 11.8 Å². The Morgan fingerprint density at radius 1 is 1.03 bits per heavy atom. The number of fused-ring (bicyclic) bond motifs is 1. The zero-order chi connectivity index (χ0) is 21.5. The molecule has 2 amide bonds. The lowest BCUT2D eigenvalue weighted by Gasteiger charge is -2.15. The lowest BCUT2D eigenvalue weighted by atomic mass is 10.1. The number of carbonyl (C=O) groups is 2. The van der Waals surface area contributed by atoms with Crippen LogP contribution in [0.2, 0.25) is 0 Å². The first-order chi connectivity index (χ1) is 14.4. The fraction of sp³-hybridized carbons (Fsp3) is 0.391. The van der Waals surface area contributed by atoms with Crippen LogP contribution in [0.5, 0.6) is 17.2 Å². The molecular weight excluding hydrogens is 384 g/mol. The summed E-state index contributed by atoms with van der Waals surface area (Å²) in [5.74, 6) is 1.44. The van der Waals surface area contributed by atoms with Crippen molar-refractivity contribution in [3.05, 3.63) is 53.6 Å². The summed E-state index contributed by atoms with van der Waals surface area (Å²) in [7, 11) is 0. The standard InChI is InChI=1S/C23H28N2O5/c1-15(2)30-19-9-6-17(7-10-19)5-4-16(3)25-22(26)13-24-23(27)18-8-11-20-21(12-18)29-14-28-20/h6-12,15-16H,4-5,13-14H2,1-3H3,(H,24,27)(H,25,26). The van der Waals surface area contributed by atoms with Crippen LogP contribution in [0.1, 0.15) is 43.1 Å². The van der Waals surface area contributed by atoms with Gasteiger partial charge in [-0.3, -0.25) is 9.59 Å². The van der Waals surface area contributed by atoms with Crippen LogP contribution in [0.15, 0.2) is 42.5 Å². The van der Waals surface area contributed by atoms with Crippen molar-refractivity contribution in [2.75, 3.05) is 13.3 Å². The van der Waals surface area contributed by atoms with E-state index < -0.39 is 0 Å². The molecule has 30 heavy (non-hydrogen) atoms. The molecule has 1 unspecified atom stereocenters. The zero-order valence-electron chi connectivity index (χ0n) is 17.6. The molecule has 1 heterocycles. The average Bonchev–Trinajstić information content (AvgIpc) is 3.19. The maximum absolute atomic E-state index is 12.2. The molecule has 0 saturated carbocycles. The molecule has 0 bridgehead atoms. The highest BCUT2D eigenvalue weighted by Gasteiger charge is 2.17.